The fraction of sp³-hybridized carbons (Fsp3) is 0.0909. The first-order valence-electron chi connectivity index (χ1n) is 4.39. The fourth-order valence-electron chi connectivity index (χ4n) is 1.19. The summed E-state index contributed by atoms with van der Waals surface area (Å²) in [4.78, 5) is 14.9. The largest absolute Gasteiger partial charge is 0.444 e. The lowest BCUT2D eigenvalue weighted by atomic mass is 10.2. The van der Waals surface area contributed by atoms with Crippen LogP contribution < -0.4 is 0 Å². The molecule has 0 N–H and O–H groups in total. The van der Waals surface area contributed by atoms with E-state index in [0.717, 1.165) is 0 Å². The smallest absolute Gasteiger partial charge is 0.226 e. The highest BCUT2D eigenvalue weighted by molar-refractivity contribution is 5.92. The third-order valence-electron chi connectivity index (χ3n) is 1.94. The van der Waals surface area contributed by atoms with Crippen LogP contribution in [0.5, 0.6) is 0 Å². The van der Waals surface area contributed by atoms with Crippen LogP contribution in [0, 0.1) is 5.82 Å². The van der Waals surface area contributed by atoms with Gasteiger partial charge in [-0.05, 0) is 18.2 Å². The van der Waals surface area contributed by atoms with E-state index < -0.39 is 0 Å². The first-order valence-corrected chi connectivity index (χ1v) is 4.39. The topological polar surface area (TPSA) is 43.1 Å². The highest BCUT2D eigenvalue weighted by atomic mass is 19.1. The Balaban J connectivity index is 2.41. The van der Waals surface area contributed by atoms with E-state index in [0.29, 0.717) is 5.56 Å². The normalized spacial score (nSPS) is 10.3. The highest BCUT2D eigenvalue weighted by Crippen LogP contribution is 2.19. The maximum absolute atomic E-state index is 12.9. The van der Waals surface area contributed by atoms with Crippen molar-refractivity contribution in [3.63, 3.8) is 0 Å². The number of ketones is 1. The fourth-order valence-corrected chi connectivity index (χ4v) is 1.19. The van der Waals surface area contributed by atoms with Crippen LogP contribution in [0.1, 0.15) is 17.4 Å². The second-order valence-corrected chi connectivity index (χ2v) is 3.10. The number of aromatic nitrogens is 1. The molecule has 0 aliphatic carbocycles. The van der Waals surface area contributed by atoms with Crippen LogP contribution >= 0.6 is 0 Å². The molecule has 4 heteroatoms. The Hall–Kier alpha value is -1.97. The second kappa shape index (κ2) is 3.65. The molecule has 1 aromatic carbocycles. The van der Waals surface area contributed by atoms with Crippen LogP contribution in [0.4, 0.5) is 4.39 Å². The summed E-state index contributed by atoms with van der Waals surface area (Å²) >= 11 is 0. The summed E-state index contributed by atoms with van der Waals surface area (Å²) in [7, 11) is 0. The standard InChI is InChI=1S/C11H8FNO2/c1-7(14)10-6-15-11(13-10)8-3-2-4-9(12)5-8/h2-6H,1H3. The van der Waals surface area contributed by atoms with Crippen molar-refractivity contribution in [2.45, 2.75) is 6.92 Å². The van der Waals surface area contributed by atoms with Gasteiger partial charge in [-0.25, -0.2) is 9.37 Å². The number of hydrogen-bond donors (Lipinski definition) is 0. The Morgan fingerprint density at radius 1 is 1.47 bits per heavy atom. The maximum atomic E-state index is 12.9. The molecule has 0 aliphatic rings. The number of rotatable bonds is 2. The molecule has 0 bridgehead atoms. The molecule has 15 heavy (non-hydrogen) atoms. The quantitative estimate of drug-likeness (QED) is 0.708. The number of hydrogen-bond acceptors (Lipinski definition) is 3. The Kier molecular flexibility index (Phi) is 2.33. The van der Waals surface area contributed by atoms with Gasteiger partial charge in [-0.2, -0.15) is 0 Å². The van der Waals surface area contributed by atoms with E-state index in [-0.39, 0.29) is 23.2 Å². The third-order valence-corrected chi connectivity index (χ3v) is 1.94. The first kappa shape index (κ1) is 9.58. The lowest BCUT2D eigenvalue weighted by Gasteiger charge is -1.93. The monoisotopic (exact) mass is 205 g/mol. The summed E-state index contributed by atoms with van der Waals surface area (Å²) in [5.41, 5.74) is 0.761. The van der Waals surface area contributed by atoms with E-state index in [4.69, 9.17) is 4.42 Å². The Morgan fingerprint density at radius 3 is 2.87 bits per heavy atom. The van der Waals surface area contributed by atoms with Crippen molar-refractivity contribution in [1.82, 2.24) is 4.98 Å². The van der Waals surface area contributed by atoms with Crippen LogP contribution in [0.15, 0.2) is 34.9 Å². The minimum absolute atomic E-state index is 0.179. The third kappa shape index (κ3) is 1.93. The first-order chi connectivity index (χ1) is 7.16. The lowest BCUT2D eigenvalue weighted by molar-refractivity contribution is 0.101. The van der Waals surface area contributed by atoms with Crippen molar-refractivity contribution in [2.24, 2.45) is 0 Å². The minimum Gasteiger partial charge on any atom is -0.444 e. The van der Waals surface area contributed by atoms with Crippen LogP contribution in [-0.4, -0.2) is 10.8 Å². The minimum atomic E-state index is -0.366. The number of benzene rings is 1. The molecule has 0 amide bonds. The van der Waals surface area contributed by atoms with E-state index in [1.807, 2.05) is 0 Å². The molecular weight excluding hydrogens is 197 g/mol. The van der Waals surface area contributed by atoms with Crippen LogP contribution in [-0.2, 0) is 0 Å². The zero-order valence-electron chi connectivity index (χ0n) is 8.03. The number of oxazole rings is 1. The Morgan fingerprint density at radius 2 is 2.27 bits per heavy atom. The van der Waals surface area contributed by atoms with Crippen LogP contribution in [0.3, 0.4) is 0 Å². The summed E-state index contributed by atoms with van der Waals surface area (Å²) < 4.78 is 18.0. The highest BCUT2D eigenvalue weighted by Gasteiger charge is 2.09. The van der Waals surface area contributed by atoms with Gasteiger partial charge in [0.15, 0.2) is 5.78 Å². The average molecular weight is 205 g/mol. The molecule has 0 aliphatic heterocycles. The number of carbonyl (C=O) groups is 1. The zero-order chi connectivity index (χ0) is 10.8. The van der Waals surface area contributed by atoms with Gasteiger partial charge in [-0.15, -0.1) is 0 Å². The van der Waals surface area contributed by atoms with Gasteiger partial charge in [0.25, 0.3) is 0 Å². The summed E-state index contributed by atoms with van der Waals surface area (Å²) in [5.74, 6) is -0.295. The van der Waals surface area contributed by atoms with Crippen LogP contribution in [0.25, 0.3) is 11.5 Å². The molecule has 2 rings (SSSR count). The summed E-state index contributed by atoms with van der Waals surface area (Å²) in [5, 5.41) is 0. The zero-order valence-corrected chi connectivity index (χ0v) is 8.03. The lowest BCUT2D eigenvalue weighted by Crippen LogP contribution is -1.91. The predicted molar refractivity (Wildman–Crippen MR) is 51.9 cm³/mol. The number of Topliss-reactive ketones (excluding diaryl/α,β-unsaturated/α-hetero) is 1. The second-order valence-electron chi connectivity index (χ2n) is 3.10. The van der Waals surface area contributed by atoms with Gasteiger partial charge in [-0.1, -0.05) is 6.07 Å². The number of carbonyl (C=O) groups excluding carboxylic acids is 1. The van der Waals surface area contributed by atoms with Crippen molar-refractivity contribution >= 4 is 5.78 Å². The molecule has 0 spiro atoms. The molecule has 0 saturated heterocycles. The van der Waals surface area contributed by atoms with E-state index in [1.165, 1.54) is 25.3 Å². The average Bonchev–Trinajstić information content (AvgIpc) is 2.66. The van der Waals surface area contributed by atoms with E-state index >= 15 is 0 Å². The molecule has 76 valence electrons. The molecule has 0 fully saturated rings. The molecule has 2 aromatic rings. The Labute approximate surface area is 85.6 Å². The van der Waals surface area contributed by atoms with Crippen molar-refractivity contribution in [3.8, 4) is 11.5 Å². The van der Waals surface area contributed by atoms with Gasteiger partial charge in [0, 0.05) is 12.5 Å². The molecule has 0 atom stereocenters. The van der Waals surface area contributed by atoms with Crippen molar-refractivity contribution in [2.75, 3.05) is 0 Å². The van der Waals surface area contributed by atoms with Crippen molar-refractivity contribution in [3.05, 3.63) is 42.0 Å². The molecule has 3 nitrogen and oxygen atoms in total. The van der Waals surface area contributed by atoms with Crippen molar-refractivity contribution in [1.29, 1.82) is 0 Å². The molecule has 0 saturated carbocycles. The van der Waals surface area contributed by atoms with E-state index in [9.17, 15) is 9.18 Å². The number of nitrogens with zero attached hydrogens (tertiary/aromatic N) is 1. The summed E-state index contributed by atoms with van der Waals surface area (Å²) in [6.45, 7) is 1.40. The molecule has 1 aromatic heterocycles. The molecular formula is C11H8FNO2. The Bertz CT molecular complexity index is 505. The van der Waals surface area contributed by atoms with Gasteiger partial charge >= 0.3 is 0 Å². The SMILES string of the molecule is CC(=O)c1coc(-c2cccc(F)c2)n1. The van der Waals surface area contributed by atoms with Gasteiger partial charge in [0.05, 0.1) is 0 Å². The predicted octanol–water partition coefficient (Wildman–Crippen LogP) is 2.68. The van der Waals surface area contributed by atoms with Gasteiger partial charge in [0.2, 0.25) is 5.89 Å². The molecule has 0 unspecified atom stereocenters. The van der Waals surface area contributed by atoms with Gasteiger partial charge < -0.3 is 4.42 Å². The summed E-state index contributed by atoms with van der Waals surface area (Å²) in [6, 6.07) is 5.86. The summed E-state index contributed by atoms with van der Waals surface area (Å²) in [6.07, 6.45) is 1.27. The molecule has 0 radical (unpaired) electrons. The van der Waals surface area contributed by atoms with E-state index in [1.54, 1.807) is 12.1 Å². The van der Waals surface area contributed by atoms with E-state index in [2.05, 4.69) is 4.98 Å². The van der Waals surface area contributed by atoms with Crippen molar-refractivity contribution < 1.29 is 13.6 Å². The van der Waals surface area contributed by atoms with Gasteiger partial charge in [0.1, 0.15) is 17.8 Å². The molecule has 1 heterocycles. The number of halogens is 1. The maximum Gasteiger partial charge on any atom is 0.226 e. The van der Waals surface area contributed by atoms with Gasteiger partial charge in [-0.3, -0.25) is 4.79 Å². The van der Waals surface area contributed by atoms with Crippen LogP contribution in [0.2, 0.25) is 0 Å².